The van der Waals surface area contributed by atoms with Crippen molar-refractivity contribution in [2.24, 2.45) is 0 Å². The van der Waals surface area contributed by atoms with Crippen molar-refractivity contribution in [3.63, 3.8) is 0 Å². The molecular weight excluding hydrogens is 281 g/mol. The zero-order valence-electron chi connectivity index (χ0n) is 11.9. The molecule has 0 saturated heterocycles. The Bertz CT molecular complexity index is 450. The lowest BCUT2D eigenvalue weighted by Crippen LogP contribution is -2.35. The van der Waals surface area contributed by atoms with Gasteiger partial charge in [0.15, 0.2) is 0 Å². The van der Waals surface area contributed by atoms with E-state index in [2.05, 4.69) is 26.1 Å². The molecule has 0 bridgehead atoms. The van der Waals surface area contributed by atoms with E-state index in [-0.39, 0.29) is 5.54 Å². The average Bonchev–Trinajstić information content (AvgIpc) is 2.28. The summed E-state index contributed by atoms with van der Waals surface area (Å²) in [5.74, 6) is 0.695. The monoisotopic (exact) mass is 301 g/mol. The maximum atomic E-state index is 6.20. The Morgan fingerprint density at radius 3 is 2.53 bits per heavy atom. The molecule has 0 spiro atoms. The van der Waals surface area contributed by atoms with Crippen molar-refractivity contribution in [2.75, 3.05) is 6.61 Å². The minimum absolute atomic E-state index is 0.0232. The lowest BCUT2D eigenvalue weighted by molar-refractivity contribution is 0.352. The highest BCUT2D eigenvalue weighted by Crippen LogP contribution is 2.32. The van der Waals surface area contributed by atoms with Crippen LogP contribution in [0, 0.1) is 0 Å². The average molecular weight is 302 g/mol. The second kappa shape index (κ2) is 7.18. The van der Waals surface area contributed by atoms with Gasteiger partial charge in [-0.2, -0.15) is 0 Å². The lowest BCUT2D eigenvalue weighted by Gasteiger charge is -2.22. The summed E-state index contributed by atoms with van der Waals surface area (Å²) in [4.78, 5) is 0. The van der Waals surface area contributed by atoms with E-state index in [9.17, 15) is 0 Å². The quantitative estimate of drug-likeness (QED) is 0.786. The Labute approximate surface area is 125 Å². The summed E-state index contributed by atoms with van der Waals surface area (Å²) in [5, 5.41) is 4.57. The van der Waals surface area contributed by atoms with E-state index in [1.54, 1.807) is 6.07 Å². The predicted molar refractivity (Wildman–Crippen MR) is 83.4 cm³/mol. The fourth-order valence-electron chi connectivity index (χ4n) is 1.49. The van der Waals surface area contributed by atoms with E-state index in [4.69, 9.17) is 27.9 Å². The van der Waals surface area contributed by atoms with Crippen LogP contribution < -0.4 is 10.1 Å². The van der Waals surface area contributed by atoms with E-state index in [0.29, 0.717) is 28.9 Å². The van der Waals surface area contributed by atoms with Gasteiger partial charge in [-0.25, -0.2) is 0 Å². The molecule has 19 heavy (non-hydrogen) atoms. The van der Waals surface area contributed by atoms with Crippen LogP contribution in [-0.2, 0) is 6.54 Å². The van der Waals surface area contributed by atoms with Gasteiger partial charge >= 0.3 is 0 Å². The Morgan fingerprint density at radius 2 is 1.95 bits per heavy atom. The molecule has 0 aliphatic heterocycles. The molecular formula is C15H21Cl2NO. The molecule has 0 amide bonds. The zero-order valence-corrected chi connectivity index (χ0v) is 13.4. The van der Waals surface area contributed by atoms with E-state index < -0.39 is 0 Å². The molecule has 106 valence electrons. The maximum Gasteiger partial charge on any atom is 0.142 e. The highest BCUT2D eigenvalue weighted by molar-refractivity contribution is 6.35. The molecule has 4 heteroatoms. The third-order valence-corrected chi connectivity index (χ3v) is 2.95. The van der Waals surface area contributed by atoms with Gasteiger partial charge in [0.2, 0.25) is 0 Å². The summed E-state index contributed by atoms with van der Waals surface area (Å²) in [6.07, 6.45) is 3.88. The first-order chi connectivity index (χ1) is 8.83. The molecule has 1 rings (SSSR count). The molecule has 1 aromatic rings. The Hall–Kier alpha value is -0.700. The Balaban J connectivity index is 2.92. The predicted octanol–water partition coefficient (Wildman–Crippen LogP) is 4.84. The molecule has 0 heterocycles. The minimum atomic E-state index is 0.0232. The van der Waals surface area contributed by atoms with Crippen molar-refractivity contribution >= 4 is 23.2 Å². The highest BCUT2D eigenvalue weighted by Gasteiger charge is 2.14. The third-order valence-electron chi connectivity index (χ3n) is 2.45. The summed E-state index contributed by atoms with van der Waals surface area (Å²) in [6, 6.07) is 3.59. The van der Waals surface area contributed by atoms with Gasteiger partial charge in [-0.15, -0.1) is 0 Å². The SMILES string of the molecule is CC=CCOc1c(Cl)cc(Cl)cc1CNC(C)(C)C. The maximum absolute atomic E-state index is 6.20. The van der Waals surface area contributed by atoms with Crippen LogP contribution in [0.15, 0.2) is 24.3 Å². The van der Waals surface area contributed by atoms with E-state index in [0.717, 1.165) is 5.56 Å². The van der Waals surface area contributed by atoms with Crippen LogP contribution in [0.5, 0.6) is 5.75 Å². The molecule has 0 fully saturated rings. The molecule has 0 aromatic heterocycles. The van der Waals surface area contributed by atoms with E-state index in [1.807, 2.05) is 25.1 Å². The molecule has 1 N–H and O–H groups in total. The van der Waals surface area contributed by atoms with Gasteiger partial charge in [-0.3, -0.25) is 0 Å². The molecule has 0 aliphatic carbocycles. The van der Waals surface area contributed by atoms with Crippen LogP contribution in [0.2, 0.25) is 10.0 Å². The summed E-state index contributed by atoms with van der Waals surface area (Å²) < 4.78 is 5.71. The highest BCUT2D eigenvalue weighted by atomic mass is 35.5. The first-order valence-corrected chi connectivity index (χ1v) is 7.06. The van der Waals surface area contributed by atoms with Gasteiger partial charge in [0.25, 0.3) is 0 Å². The van der Waals surface area contributed by atoms with Crippen molar-refractivity contribution in [3.8, 4) is 5.75 Å². The fraction of sp³-hybridized carbons (Fsp3) is 0.467. The second-order valence-corrected chi connectivity index (χ2v) is 6.20. The number of halogens is 2. The first-order valence-electron chi connectivity index (χ1n) is 6.30. The molecule has 1 aromatic carbocycles. The number of ether oxygens (including phenoxy) is 1. The lowest BCUT2D eigenvalue weighted by atomic mass is 10.1. The molecule has 2 nitrogen and oxygen atoms in total. The van der Waals surface area contributed by atoms with E-state index >= 15 is 0 Å². The minimum Gasteiger partial charge on any atom is -0.488 e. The molecule has 0 unspecified atom stereocenters. The number of hydrogen-bond acceptors (Lipinski definition) is 2. The summed E-state index contributed by atoms with van der Waals surface area (Å²) in [7, 11) is 0. The smallest absolute Gasteiger partial charge is 0.142 e. The number of rotatable bonds is 5. The fourth-order valence-corrected chi connectivity index (χ4v) is 2.08. The van der Waals surface area contributed by atoms with E-state index in [1.165, 1.54) is 0 Å². The normalized spacial score (nSPS) is 12.1. The van der Waals surface area contributed by atoms with Crippen LogP contribution in [-0.4, -0.2) is 12.1 Å². The second-order valence-electron chi connectivity index (χ2n) is 5.36. The third kappa shape index (κ3) is 5.85. The number of hydrogen-bond donors (Lipinski definition) is 1. The van der Waals surface area contributed by atoms with Crippen LogP contribution in [0.4, 0.5) is 0 Å². The first kappa shape index (κ1) is 16.4. The van der Waals surface area contributed by atoms with Gasteiger partial charge in [-0.1, -0.05) is 35.4 Å². The number of nitrogens with one attached hydrogen (secondary N) is 1. The van der Waals surface area contributed by atoms with Crippen molar-refractivity contribution in [1.82, 2.24) is 5.32 Å². The van der Waals surface area contributed by atoms with Crippen LogP contribution in [0.3, 0.4) is 0 Å². The van der Waals surface area contributed by atoms with Crippen LogP contribution in [0.1, 0.15) is 33.3 Å². The van der Waals surface area contributed by atoms with Gasteiger partial charge < -0.3 is 10.1 Å². The van der Waals surface area contributed by atoms with Gasteiger partial charge in [0.05, 0.1) is 5.02 Å². The number of allylic oxidation sites excluding steroid dienone is 1. The van der Waals surface area contributed by atoms with Crippen molar-refractivity contribution in [1.29, 1.82) is 0 Å². The molecule has 0 saturated carbocycles. The Kier molecular flexibility index (Phi) is 6.18. The zero-order chi connectivity index (χ0) is 14.5. The van der Waals surface area contributed by atoms with Crippen molar-refractivity contribution < 1.29 is 4.74 Å². The van der Waals surface area contributed by atoms with Gasteiger partial charge in [-0.05, 0) is 39.8 Å². The largest absolute Gasteiger partial charge is 0.488 e. The molecule has 0 aliphatic rings. The van der Waals surface area contributed by atoms with Gasteiger partial charge in [0.1, 0.15) is 12.4 Å². The van der Waals surface area contributed by atoms with Crippen molar-refractivity contribution in [3.05, 3.63) is 39.9 Å². The number of benzene rings is 1. The Morgan fingerprint density at radius 1 is 1.26 bits per heavy atom. The van der Waals surface area contributed by atoms with Crippen LogP contribution >= 0.6 is 23.2 Å². The standard InChI is InChI=1S/C15H21Cl2NO/c1-5-6-7-19-14-11(10-18-15(2,3)4)8-12(16)9-13(14)17/h5-6,8-9,18H,7,10H2,1-4H3. The topological polar surface area (TPSA) is 21.3 Å². The molecule has 0 radical (unpaired) electrons. The summed E-state index contributed by atoms with van der Waals surface area (Å²) in [6.45, 7) is 9.45. The summed E-state index contributed by atoms with van der Waals surface area (Å²) in [5.41, 5.74) is 0.993. The van der Waals surface area contributed by atoms with Crippen molar-refractivity contribution in [2.45, 2.75) is 39.8 Å². The molecule has 0 atom stereocenters. The van der Waals surface area contributed by atoms with Crippen LogP contribution in [0.25, 0.3) is 0 Å². The van der Waals surface area contributed by atoms with Gasteiger partial charge in [0, 0.05) is 22.7 Å². The summed E-state index contributed by atoms with van der Waals surface area (Å²) >= 11 is 12.3.